The summed E-state index contributed by atoms with van der Waals surface area (Å²) in [6.07, 6.45) is 0. The molecule has 1 N–H and O–H groups in total. The van der Waals surface area contributed by atoms with Crippen molar-refractivity contribution in [2.24, 2.45) is 7.05 Å². The number of benzene rings is 2. The van der Waals surface area contributed by atoms with Crippen LogP contribution >= 0.6 is 11.8 Å². The lowest BCUT2D eigenvalue weighted by Gasteiger charge is -2.10. The molecule has 2 aromatic carbocycles. The number of amides is 1. The fraction of sp³-hybridized carbons (Fsp3) is 0.318. The van der Waals surface area contributed by atoms with Gasteiger partial charge in [-0.2, -0.15) is 0 Å². The molecule has 0 aliphatic carbocycles. The van der Waals surface area contributed by atoms with Crippen molar-refractivity contribution in [1.82, 2.24) is 14.8 Å². The minimum absolute atomic E-state index is 0.0898. The predicted molar refractivity (Wildman–Crippen MR) is 119 cm³/mol. The number of carbonyl (C=O) groups excluding carboxylic acids is 1. The molecule has 1 amide bonds. The molecule has 0 fully saturated rings. The van der Waals surface area contributed by atoms with Gasteiger partial charge in [-0.1, -0.05) is 37.7 Å². The second-order valence-electron chi connectivity index (χ2n) is 7.05. The third kappa shape index (κ3) is 4.94. The number of methoxy groups -OCH3 is 2. The summed E-state index contributed by atoms with van der Waals surface area (Å²) in [5.74, 6) is 2.56. The summed E-state index contributed by atoms with van der Waals surface area (Å²) in [7, 11) is 5.06. The number of carbonyl (C=O) groups is 1. The summed E-state index contributed by atoms with van der Waals surface area (Å²) in [5.41, 5.74) is 2.88. The maximum absolute atomic E-state index is 12.3. The molecule has 0 spiro atoms. The molecule has 0 atom stereocenters. The smallest absolute Gasteiger partial charge is 0.234 e. The number of anilines is 1. The minimum atomic E-state index is -0.0898. The highest BCUT2D eigenvalue weighted by molar-refractivity contribution is 7.99. The van der Waals surface area contributed by atoms with Crippen molar-refractivity contribution in [3.8, 4) is 22.9 Å². The first-order chi connectivity index (χ1) is 14.4. The van der Waals surface area contributed by atoms with E-state index in [2.05, 4.69) is 29.4 Å². The van der Waals surface area contributed by atoms with E-state index >= 15 is 0 Å². The molecule has 1 heterocycles. The van der Waals surface area contributed by atoms with E-state index in [-0.39, 0.29) is 11.7 Å². The summed E-state index contributed by atoms with van der Waals surface area (Å²) < 4.78 is 12.5. The molecule has 0 radical (unpaired) electrons. The second kappa shape index (κ2) is 9.67. The molecule has 30 heavy (non-hydrogen) atoms. The van der Waals surface area contributed by atoms with Gasteiger partial charge >= 0.3 is 0 Å². The Morgan fingerprint density at radius 1 is 1.07 bits per heavy atom. The van der Waals surface area contributed by atoms with Gasteiger partial charge in [0.15, 0.2) is 22.5 Å². The molecule has 0 unspecified atom stereocenters. The number of rotatable bonds is 8. The molecule has 0 saturated carbocycles. The third-order valence-corrected chi connectivity index (χ3v) is 5.69. The van der Waals surface area contributed by atoms with E-state index < -0.39 is 0 Å². The average Bonchev–Trinajstić information content (AvgIpc) is 3.12. The van der Waals surface area contributed by atoms with Gasteiger partial charge in [-0.25, -0.2) is 0 Å². The quantitative estimate of drug-likeness (QED) is 0.540. The summed E-state index contributed by atoms with van der Waals surface area (Å²) >= 11 is 1.34. The Kier molecular flexibility index (Phi) is 6.99. The predicted octanol–water partition coefficient (Wildman–Crippen LogP) is 4.35. The van der Waals surface area contributed by atoms with E-state index in [1.165, 1.54) is 17.3 Å². The van der Waals surface area contributed by atoms with Crippen molar-refractivity contribution in [1.29, 1.82) is 0 Å². The van der Waals surface area contributed by atoms with E-state index in [0.717, 1.165) is 11.3 Å². The highest BCUT2D eigenvalue weighted by Gasteiger charge is 2.15. The van der Waals surface area contributed by atoms with E-state index in [4.69, 9.17) is 9.47 Å². The highest BCUT2D eigenvalue weighted by atomic mass is 32.2. The fourth-order valence-corrected chi connectivity index (χ4v) is 3.66. The van der Waals surface area contributed by atoms with E-state index in [9.17, 15) is 4.79 Å². The van der Waals surface area contributed by atoms with Crippen LogP contribution in [0.4, 0.5) is 5.69 Å². The number of thioether (sulfide) groups is 1. The molecule has 0 aliphatic rings. The fourth-order valence-electron chi connectivity index (χ4n) is 2.95. The number of aromatic nitrogens is 3. The van der Waals surface area contributed by atoms with Crippen LogP contribution in [-0.4, -0.2) is 40.6 Å². The lowest BCUT2D eigenvalue weighted by atomic mass is 10.0. The largest absolute Gasteiger partial charge is 0.493 e. The van der Waals surface area contributed by atoms with Crippen LogP contribution in [0.5, 0.6) is 11.5 Å². The van der Waals surface area contributed by atoms with Gasteiger partial charge in [0.05, 0.1) is 20.0 Å². The zero-order valence-electron chi connectivity index (χ0n) is 17.8. The second-order valence-corrected chi connectivity index (χ2v) is 7.99. The molecule has 3 rings (SSSR count). The highest BCUT2D eigenvalue weighted by Crippen LogP contribution is 2.32. The summed E-state index contributed by atoms with van der Waals surface area (Å²) in [5, 5.41) is 12.1. The molecule has 1 aromatic heterocycles. The van der Waals surface area contributed by atoms with Crippen LogP contribution in [0.25, 0.3) is 11.4 Å². The van der Waals surface area contributed by atoms with Gasteiger partial charge in [-0.3, -0.25) is 4.79 Å². The normalized spacial score (nSPS) is 10.9. The monoisotopic (exact) mass is 426 g/mol. The Labute approximate surface area is 180 Å². The van der Waals surface area contributed by atoms with E-state index in [1.807, 2.05) is 54.1 Å². The van der Waals surface area contributed by atoms with Gasteiger partial charge in [-0.05, 0) is 41.8 Å². The van der Waals surface area contributed by atoms with E-state index in [1.54, 1.807) is 14.2 Å². The van der Waals surface area contributed by atoms with Crippen molar-refractivity contribution in [3.05, 3.63) is 48.0 Å². The van der Waals surface area contributed by atoms with Crippen LogP contribution in [-0.2, 0) is 11.8 Å². The Morgan fingerprint density at radius 2 is 1.77 bits per heavy atom. The van der Waals surface area contributed by atoms with Gasteiger partial charge in [-0.15, -0.1) is 10.2 Å². The Morgan fingerprint density at radius 3 is 2.40 bits per heavy atom. The maximum Gasteiger partial charge on any atom is 0.234 e. The molecule has 3 aromatic rings. The number of nitrogens with one attached hydrogen (secondary N) is 1. The number of ether oxygens (including phenoxy) is 2. The van der Waals surface area contributed by atoms with Gasteiger partial charge < -0.3 is 19.4 Å². The van der Waals surface area contributed by atoms with Crippen molar-refractivity contribution >= 4 is 23.4 Å². The molecule has 7 nitrogen and oxygen atoms in total. The molecule has 0 saturated heterocycles. The van der Waals surface area contributed by atoms with Crippen LogP contribution in [0.3, 0.4) is 0 Å². The van der Waals surface area contributed by atoms with Crippen LogP contribution in [0.1, 0.15) is 25.3 Å². The Hall–Kier alpha value is -3.00. The Balaban J connectivity index is 1.64. The van der Waals surface area contributed by atoms with Gasteiger partial charge in [0.1, 0.15) is 0 Å². The van der Waals surface area contributed by atoms with Crippen molar-refractivity contribution in [2.45, 2.75) is 24.9 Å². The van der Waals surface area contributed by atoms with Gasteiger partial charge in [0.25, 0.3) is 0 Å². The standard InChI is InChI=1S/C22H26N4O3S/c1-14(2)15-6-9-17(10-7-15)23-20(27)13-30-22-25-24-21(26(22)3)16-8-11-18(28-4)19(12-16)29-5/h6-12,14H,13H2,1-5H3,(H,23,27). The lowest BCUT2D eigenvalue weighted by molar-refractivity contribution is -0.113. The average molecular weight is 427 g/mol. The molecular formula is C22H26N4O3S. The summed E-state index contributed by atoms with van der Waals surface area (Å²) in [6.45, 7) is 4.28. The summed E-state index contributed by atoms with van der Waals surface area (Å²) in [6, 6.07) is 13.5. The molecule has 0 bridgehead atoms. The van der Waals surface area contributed by atoms with Crippen LogP contribution in [0.15, 0.2) is 47.6 Å². The first kappa shape index (κ1) is 21.7. The van der Waals surface area contributed by atoms with Crippen molar-refractivity contribution in [3.63, 3.8) is 0 Å². The first-order valence-corrected chi connectivity index (χ1v) is 10.6. The van der Waals surface area contributed by atoms with Crippen LogP contribution in [0, 0.1) is 0 Å². The zero-order chi connectivity index (χ0) is 21.7. The van der Waals surface area contributed by atoms with Crippen LogP contribution in [0.2, 0.25) is 0 Å². The Bertz CT molecular complexity index is 1020. The summed E-state index contributed by atoms with van der Waals surface area (Å²) in [4.78, 5) is 12.3. The topological polar surface area (TPSA) is 78.3 Å². The molecule has 158 valence electrons. The minimum Gasteiger partial charge on any atom is -0.493 e. The molecule has 8 heteroatoms. The third-order valence-electron chi connectivity index (χ3n) is 4.67. The number of hydrogen-bond donors (Lipinski definition) is 1. The van der Waals surface area contributed by atoms with Gasteiger partial charge in [0.2, 0.25) is 5.91 Å². The van der Waals surface area contributed by atoms with Crippen molar-refractivity contribution < 1.29 is 14.3 Å². The molecule has 0 aliphatic heterocycles. The zero-order valence-corrected chi connectivity index (χ0v) is 18.6. The maximum atomic E-state index is 12.3. The lowest BCUT2D eigenvalue weighted by Crippen LogP contribution is -2.14. The van der Waals surface area contributed by atoms with Crippen LogP contribution < -0.4 is 14.8 Å². The first-order valence-electron chi connectivity index (χ1n) is 9.57. The van der Waals surface area contributed by atoms with Crippen molar-refractivity contribution in [2.75, 3.05) is 25.3 Å². The molecular weight excluding hydrogens is 400 g/mol. The number of hydrogen-bond acceptors (Lipinski definition) is 6. The number of nitrogens with zero attached hydrogens (tertiary/aromatic N) is 3. The SMILES string of the molecule is COc1ccc(-c2nnc(SCC(=O)Nc3ccc(C(C)C)cc3)n2C)cc1OC. The van der Waals surface area contributed by atoms with Gasteiger partial charge in [0, 0.05) is 18.3 Å². The van der Waals surface area contributed by atoms with E-state index in [0.29, 0.717) is 28.4 Å².